The predicted molar refractivity (Wildman–Crippen MR) is 36.1 cm³/mol. The molecule has 0 spiro atoms. The van der Waals surface area contributed by atoms with Crippen LogP contribution < -0.4 is 0 Å². The molecule has 0 unspecified atom stereocenters. The highest BCUT2D eigenvalue weighted by atomic mass is 32.2. The van der Waals surface area contributed by atoms with E-state index in [0.717, 1.165) is 12.2 Å². The van der Waals surface area contributed by atoms with Gasteiger partial charge in [-0.05, 0) is 6.26 Å². The topological polar surface area (TPSA) is 0 Å². The van der Waals surface area contributed by atoms with Crippen molar-refractivity contribution in [3.63, 3.8) is 0 Å². The number of hydrogen-bond acceptors (Lipinski definition) is 1. The van der Waals surface area contributed by atoms with Gasteiger partial charge in [0.05, 0.1) is 0 Å². The Morgan fingerprint density at radius 1 is 1.71 bits per heavy atom. The number of thioether (sulfide) groups is 1. The van der Waals surface area contributed by atoms with Gasteiger partial charge in [0.25, 0.3) is 0 Å². The molecule has 0 atom stereocenters. The lowest BCUT2D eigenvalue weighted by atomic mass is 10.5. The van der Waals surface area contributed by atoms with Gasteiger partial charge in [0.1, 0.15) is 0 Å². The second-order valence-corrected chi connectivity index (χ2v) is 2.08. The highest BCUT2D eigenvalue weighted by Gasteiger charge is 1.72. The summed E-state index contributed by atoms with van der Waals surface area (Å²) in [4.78, 5) is 0. The van der Waals surface area contributed by atoms with E-state index in [-0.39, 0.29) is 0 Å². The van der Waals surface area contributed by atoms with Gasteiger partial charge in [-0.2, -0.15) is 11.8 Å². The van der Waals surface area contributed by atoms with Gasteiger partial charge in [0, 0.05) is 19.1 Å². The summed E-state index contributed by atoms with van der Waals surface area (Å²) in [6.45, 7) is 3.39. The zero-order chi connectivity index (χ0) is 5.54. The maximum absolute atomic E-state index is 3.39. The van der Waals surface area contributed by atoms with Crippen LogP contribution in [0.25, 0.3) is 0 Å². The summed E-state index contributed by atoms with van der Waals surface area (Å²) < 4.78 is 0. The second kappa shape index (κ2) is 5.91. The largest absolute Gasteiger partial charge is 0.164 e. The Hall–Kier alpha value is -0.0900. The van der Waals surface area contributed by atoms with Crippen molar-refractivity contribution in [2.24, 2.45) is 0 Å². The Labute approximate surface area is 49.7 Å². The standard InChI is InChI=1S/C6H9S/c1-3-4-5-6-7-2/h1,5-6H2,2H3. The first-order valence-electron chi connectivity index (χ1n) is 2.15. The van der Waals surface area contributed by atoms with Crippen LogP contribution in [0.2, 0.25) is 0 Å². The molecule has 0 aromatic carbocycles. The van der Waals surface area contributed by atoms with Gasteiger partial charge in [-0.25, -0.2) is 0 Å². The normalized spacial score (nSPS) is 7.14. The van der Waals surface area contributed by atoms with Crippen LogP contribution in [0, 0.1) is 18.8 Å². The van der Waals surface area contributed by atoms with Gasteiger partial charge in [-0.15, -0.1) is 11.8 Å². The monoisotopic (exact) mass is 113 g/mol. The number of rotatable bonds is 2. The van der Waals surface area contributed by atoms with Crippen molar-refractivity contribution < 1.29 is 0 Å². The first kappa shape index (κ1) is 6.91. The lowest BCUT2D eigenvalue weighted by Gasteiger charge is -1.81. The Morgan fingerprint density at radius 3 is 2.86 bits per heavy atom. The Balaban J connectivity index is 2.78. The molecule has 0 aliphatic rings. The highest BCUT2D eigenvalue weighted by molar-refractivity contribution is 7.98. The average Bonchev–Trinajstić information content (AvgIpc) is 1.69. The molecule has 0 nitrogen and oxygen atoms in total. The van der Waals surface area contributed by atoms with Crippen LogP contribution in [0.3, 0.4) is 0 Å². The molecule has 0 saturated heterocycles. The molecule has 0 saturated carbocycles. The van der Waals surface area contributed by atoms with Gasteiger partial charge in [0.15, 0.2) is 0 Å². The third kappa shape index (κ3) is 5.91. The molecule has 0 aromatic heterocycles. The fourth-order valence-corrected chi connectivity index (χ4v) is 0.548. The molecule has 0 N–H and O–H groups in total. The fraction of sp³-hybridized carbons (Fsp3) is 0.500. The molecule has 7 heavy (non-hydrogen) atoms. The molecule has 0 aliphatic heterocycles. The Kier molecular flexibility index (Phi) is 5.83. The van der Waals surface area contributed by atoms with E-state index in [1.54, 1.807) is 0 Å². The van der Waals surface area contributed by atoms with Crippen LogP contribution in [-0.4, -0.2) is 12.0 Å². The van der Waals surface area contributed by atoms with Crippen LogP contribution in [0.1, 0.15) is 6.42 Å². The minimum absolute atomic E-state index is 0.977. The summed E-state index contributed by atoms with van der Waals surface area (Å²) in [5, 5.41) is 0. The van der Waals surface area contributed by atoms with E-state index in [9.17, 15) is 0 Å². The average molecular weight is 113 g/mol. The first-order chi connectivity index (χ1) is 3.41. The van der Waals surface area contributed by atoms with Crippen molar-refractivity contribution in [2.45, 2.75) is 6.42 Å². The first-order valence-corrected chi connectivity index (χ1v) is 3.55. The minimum Gasteiger partial charge on any atom is -0.164 e. The van der Waals surface area contributed by atoms with Crippen LogP contribution in [0.15, 0.2) is 0 Å². The lowest BCUT2D eigenvalue weighted by molar-refractivity contribution is 1.30. The van der Waals surface area contributed by atoms with Crippen LogP contribution in [0.4, 0.5) is 0 Å². The molecule has 1 heteroatoms. The summed E-state index contributed by atoms with van der Waals surface area (Å²) in [6.07, 6.45) is 3.05. The Morgan fingerprint density at radius 2 is 2.43 bits per heavy atom. The zero-order valence-electron chi connectivity index (χ0n) is 4.53. The van der Waals surface area contributed by atoms with Crippen molar-refractivity contribution in [2.75, 3.05) is 12.0 Å². The van der Waals surface area contributed by atoms with Gasteiger partial charge in [0.2, 0.25) is 0 Å². The van der Waals surface area contributed by atoms with E-state index < -0.39 is 0 Å². The third-order valence-corrected chi connectivity index (χ3v) is 1.17. The maximum atomic E-state index is 3.39. The predicted octanol–water partition coefficient (Wildman–Crippen LogP) is 1.58. The molecule has 0 rings (SSSR count). The molecule has 0 bridgehead atoms. The molecular formula is C6H9S. The lowest BCUT2D eigenvalue weighted by Crippen LogP contribution is -1.69. The van der Waals surface area contributed by atoms with E-state index >= 15 is 0 Å². The van der Waals surface area contributed by atoms with Crippen molar-refractivity contribution in [1.82, 2.24) is 0 Å². The van der Waals surface area contributed by atoms with E-state index in [4.69, 9.17) is 0 Å². The third-order valence-electron chi connectivity index (χ3n) is 0.556. The minimum atomic E-state index is 0.977. The number of hydrogen-bond donors (Lipinski definition) is 0. The Bertz CT molecular complexity index is 75.9. The summed E-state index contributed by atoms with van der Waals surface area (Å²) in [6, 6.07) is 0. The molecule has 0 amide bonds. The quantitative estimate of drug-likeness (QED) is 0.387. The van der Waals surface area contributed by atoms with Crippen molar-refractivity contribution >= 4 is 11.8 Å². The van der Waals surface area contributed by atoms with Crippen molar-refractivity contribution in [1.29, 1.82) is 0 Å². The van der Waals surface area contributed by atoms with Crippen molar-refractivity contribution in [3.8, 4) is 11.8 Å². The SMILES string of the molecule is [CH2]C#CCCSC. The maximum Gasteiger partial charge on any atom is 0.0198 e. The molecule has 0 heterocycles. The van der Waals surface area contributed by atoms with Gasteiger partial charge >= 0.3 is 0 Å². The van der Waals surface area contributed by atoms with E-state index in [1.165, 1.54) is 0 Å². The van der Waals surface area contributed by atoms with E-state index in [1.807, 2.05) is 11.8 Å². The molecule has 1 radical (unpaired) electrons. The van der Waals surface area contributed by atoms with Crippen LogP contribution >= 0.6 is 11.8 Å². The van der Waals surface area contributed by atoms with E-state index in [0.29, 0.717) is 0 Å². The highest BCUT2D eigenvalue weighted by Crippen LogP contribution is 1.92. The van der Waals surface area contributed by atoms with E-state index in [2.05, 4.69) is 25.0 Å². The summed E-state index contributed by atoms with van der Waals surface area (Å²) >= 11 is 1.81. The second-order valence-electron chi connectivity index (χ2n) is 1.10. The fourth-order valence-electron chi connectivity index (χ4n) is 0.241. The van der Waals surface area contributed by atoms with Gasteiger partial charge in [-0.3, -0.25) is 0 Å². The molecular weight excluding hydrogens is 104 g/mol. The van der Waals surface area contributed by atoms with Gasteiger partial charge in [-0.1, -0.05) is 0 Å². The molecule has 0 aromatic rings. The molecule has 39 valence electrons. The zero-order valence-corrected chi connectivity index (χ0v) is 5.35. The summed E-state index contributed by atoms with van der Waals surface area (Å²) in [7, 11) is 0. The van der Waals surface area contributed by atoms with Gasteiger partial charge < -0.3 is 0 Å². The molecule has 0 aliphatic carbocycles. The molecule has 0 fully saturated rings. The van der Waals surface area contributed by atoms with Crippen molar-refractivity contribution in [3.05, 3.63) is 6.92 Å². The summed E-state index contributed by atoms with van der Waals surface area (Å²) in [5.74, 6) is 6.58. The smallest absolute Gasteiger partial charge is 0.0198 e. The van der Waals surface area contributed by atoms with Crippen LogP contribution in [0.5, 0.6) is 0 Å². The summed E-state index contributed by atoms with van der Waals surface area (Å²) in [5.41, 5.74) is 0. The van der Waals surface area contributed by atoms with Crippen LogP contribution in [-0.2, 0) is 0 Å².